The van der Waals surface area contributed by atoms with Crippen LogP contribution >= 0.6 is 0 Å². The van der Waals surface area contributed by atoms with E-state index in [1.807, 2.05) is 0 Å². The van der Waals surface area contributed by atoms with Gasteiger partial charge in [-0.1, -0.05) is 223 Å². The van der Waals surface area contributed by atoms with Gasteiger partial charge in [-0.2, -0.15) is 0 Å². The van der Waals surface area contributed by atoms with Crippen LogP contribution in [-0.2, 0) is 0 Å². The standard InChI is InChI=1S/5C27H27N3/c1-16-7-17(2)11-22(10-16)25-28-26(23-12-18(3)8-19(4)13-23)30-27(29-25)24-14-20(5)9-21(6)15-24;1-16-7-10-22(13-19(16)4)25-28-26(23-11-8-17(2)20(5)14-23)30-27(29-25)24-12-9-18(3)21(6)15-24;1-16-11-17(2)13-24(12-16)27-29-25(22-9-7-18(3)20(5)14-22)28-26(30-27)23-10-8-19(4)21(6)15-23;1-16-9-17(2)12-23(11-16)26-28-25(22-8-7-20(5)21(6)15-22)29-27(30-26)24-13-18(3)10-19(4)14-24;1-16-12-17(2)14-23(13-16)26-28-25(22-11-10-18(3)20(5)15-22)29-27(30-26)24-9-7-8-19(4)21(24)6/h5*7-15H,1-6H3. The third kappa shape index (κ3) is 26.1. The van der Waals surface area contributed by atoms with Gasteiger partial charge in [0.25, 0.3) is 0 Å². The van der Waals surface area contributed by atoms with Crippen molar-refractivity contribution < 1.29 is 0 Å². The first-order chi connectivity index (χ1) is 71.5. The Kier molecular flexibility index (Phi) is 32.4. The van der Waals surface area contributed by atoms with Crippen LogP contribution in [0.2, 0.25) is 0 Å². The maximum absolute atomic E-state index is 4.90. The molecule has 0 N–H and O–H groups in total. The zero-order valence-corrected chi connectivity index (χ0v) is 92.7. The summed E-state index contributed by atoms with van der Waals surface area (Å²) >= 11 is 0. The Morgan fingerprint density at radius 2 is 0.227 bits per heavy atom. The van der Waals surface area contributed by atoms with E-state index < -0.39 is 0 Å². The largest absolute Gasteiger partial charge is 0.208 e. The first-order valence-corrected chi connectivity index (χ1v) is 51.5. The molecule has 0 unspecified atom stereocenters. The third-order valence-electron chi connectivity index (χ3n) is 27.7. The van der Waals surface area contributed by atoms with Gasteiger partial charge in [-0.05, 0) is 424 Å². The number of rotatable bonds is 15. The summed E-state index contributed by atoms with van der Waals surface area (Å²) in [7, 11) is 0. The van der Waals surface area contributed by atoms with Crippen LogP contribution in [-0.4, -0.2) is 74.8 Å². The highest BCUT2D eigenvalue weighted by Crippen LogP contribution is 2.38. The van der Waals surface area contributed by atoms with Crippen LogP contribution in [0.3, 0.4) is 0 Å². The molecule has 20 rings (SSSR count). The number of aromatic nitrogens is 15. The maximum Gasteiger partial charge on any atom is 0.164 e. The summed E-state index contributed by atoms with van der Waals surface area (Å²) in [4.78, 5) is 73.1. The molecule has 15 heteroatoms. The van der Waals surface area contributed by atoms with Gasteiger partial charge in [-0.15, -0.1) is 0 Å². The first-order valence-electron chi connectivity index (χ1n) is 51.5. The Bertz CT molecular complexity index is 7960. The van der Waals surface area contributed by atoms with Gasteiger partial charge >= 0.3 is 0 Å². The predicted octanol–water partition coefficient (Wildman–Crippen LogP) is 33.6. The van der Waals surface area contributed by atoms with E-state index in [-0.39, 0.29) is 0 Å². The average Bonchev–Trinajstić information content (AvgIpc) is 0.790. The first kappa shape index (κ1) is 106. The Balaban J connectivity index is 0.000000133. The maximum atomic E-state index is 4.90. The lowest BCUT2D eigenvalue weighted by molar-refractivity contribution is 1.07. The summed E-state index contributed by atoms with van der Waals surface area (Å²) in [5.41, 5.74) is 51.9. The minimum atomic E-state index is 0.703. The Labute approximate surface area is 887 Å². The Morgan fingerprint density at radius 1 is 0.100 bits per heavy atom. The molecule has 0 aliphatic carbocycles. The molecule has 5 heterocycles. The van der Waals surface area contributed by atoms with Crippen LogP contribution in [0.15, 0.2) is 273 Å². The van der Waals surface area contributed by atoms with Crippen molar-refractivity contribution in [1.29, 1.82) is 0 Å². The molecule has 0 saturated heterocycles. The van der Waals surface area contributed by atoms with Crippen LogP contribution in [0.4, 0.5) is 0 Å². The molecule has 150 heavy (non-hydrogen) atoms. The minimum Gasteiger partial charge on any atom is -0.208 e. The fourth-order valence-corrected chi connectivity index (χ4v) is 18.7. The topological polar surface area (TPSA) is 193 Å². The van der Waals surface area contributed by atoms with E-state index in [0.717, 1.165) is 83.5 Å². The van der Waals surface area contributed by atoms with Crippen LogP contribution in [0.5, 0.6) is 0 Å². The molecule has 0 bridgehead atoms. The van der Waals surface area contributed by atoms with Crippen molar-refractivity contribution in [3.05, 3.63) is 440 Å². The van der Waals surface area contributed by atoms with Crippen LogP contribution in [0.25, 0.3) is 171 Å². The average molecular weight is 1970 g/mol. The quantitative estimate of drug-likeness (QED) is 0.0940. The van der Waals surface area contributed by atoms with Crippen LogP contribution < -0.4 is 0 Å². The Hall–Kier alpha value is -16.7. The molecule has 0 fully saturated rings. The smallest absolute Gasteiger partial charge is 0.164 e. The number of hydrogen-bond donors (Lipinski definition) is 0. The zero-order chi connectivity index (χ0) is 107. The van der Waals surface area contributed by atoms with Crippen molar-refractivity contribution in [3.63, 3.8) is 0 Å². The van der Waals surface area contributed by atoms with E-state index in [4.69, 9.17) is 74.8 Å². The zero-order valence-electron chi connectivity index (χ0n) is 92.7. The normalized spacial score (nSPS) is 11.0. The molecule has 15 aromatic carbocycles. The van der Waals surface area contributed by atoms with E-state index in [1.165, 1.54) is 167 Å². The highest BCUT2D eigenvalue weighted by atomic mass is 15.1. The summed E-state index contributed by atoms with van der Waals surface area (Å²) in [6.07, 6.45) is 0. The summed E-state index contributed by atoms with van der Waals surface area (Å²) in [5, 5.41) is 0. The molecular formula is C135H135N15. The molecule has 20 aromatic rings. The highest BCUT2D eigenvalue weighted by Gasteiger charge is 2.23. The second-order valence-electron chi connectivity index (χ2n) is 41.5. The molecule has 15 nitrogen and oxygen atoms in total. The van der Waals surface area contributed by atoms with Gasteiger partial charge in [0, 0.05) is 83.5 Å². The van der Waals surface area contributed by atoms with Gasteiger partial charge in [-0.25, -0.2) is 74.8 Å². The lowest BCUT2D eigenvalue weighted by Crippen LogP contribution is -2.02. The molecule has 0 atom stereocenters. The minimum absolute atomic E-state index is 0.703. The van der Waals surface area contributed by atoms with Gasteiger partial charge in [0.15, 0.2) is 87.4 Å². The van der Waals surface area contributed by atoms with E-state index in [0.29, 0.717) is 87.4 Å². The number of nitrogens with zero attached hydrogens (tertiary/aromatic N) is 15. The molecular weight excluding hydrogens is 1830 g/mol. The molecule has 0 spiro atoms. The third-order valence-corrected chi connectivity index (χ3v) is 27.7. The second-order valence-corrected chi connectivity index (χ2v) is 41.5. The fourth-order valence-electron chi connectivity index (χ4n) is 18.7. The molecule has 0 saturated carbocycles. The van der Waals surface area contributed by atoms with Gasteiger partial charge in [0.05, 0.1) is 0 Å². The van der Waals surface area contributed by atoms with Crippen LogP contribution in [0.1, 0.15) is 167 Å². The van der Waals surface area contributed by atoms with Crippen molar-refractivity contribution in [2.24, 2.45) is 0 Å². The summed E-state index contributed by atoms with van der Waals surface area (Å²) in [6, 6.07) is 95.9. The van der Waals surface area contributed by atoms with Gasteiger partial charge in [0.2, 0.25) is 0 Å². The predicted molar refractivity (Wildman–Crippen MR) is 623 cm³/mol. The van der Waals surface area contributed by atoms with E-state index >= 15 is 0 Å². The lowest BCUT2D eigenvalue weighted by Gasteiger charge is -2.12. The van der Waals surface area contributed by atoms with Gasteiger partial charge in [0.1, 0.15) is 0 Å². The van der Waals surface area contributed by atoms with E-state index in [2.05, 4.69) is 481 Å². The molecule has 0 aliphatic heterocycles. The van der Waals surface area contributed by atoms with E-state index in [1.54, 1.807) is 0 Å². The van der Waals surface area contributed by atoms with E-state index in [9.17, 15) is 0 Å². The molecule has 5 aromatic heterocycles. The Morgan fingerprint density at radius 3 is 0.360 bits per heavy atom. The van der Waals surface area contributed by atoms with Crippen molar-refractivity contribution in [1.82, 2.24) is 74.8 Å². The summed E-state index contributed by atoms with van der Waals surface area (Å²) in [6.45, 7) is 63.4. The SMILES string of the molecule is Cc1cc(C)cc(-c2nc(-c3cc(C)cc(C)c3)nc(-c3cc(C)cc(C)c3)n2)c1.Cc1cc(C)cc(-c2nc(-c3cc(C)cc(C)c3)nc(-c3ccc(C)c(C)c3)n2)c1.Cc1cc(C)cc(-c2nc(-c3ccc(C)c(C)c3)nc(-c3ccc(C)c(C)c3)n2)c1.Cc1cc(C)cc(-c2nc(-c3ccc(C)c(C)c3)nc(-c3cccc(C)c3C)n2)c1.Cc1ccc(-c2nc(-c3ccc(C)c(C)c3)nc(-c3ccc(C)c(C)c3)n2)cc1C. The molecule has 750 valence electrons. The van der Waals surface area contributed by atoms with Crippen molar-refractivity contribution in [2.75, 3.05) is 0 Å². The molecule has 0 aliphatic rings. The molecule has 0 radical (unpaired) electrons. The number of hydrogen-bond acceptors (Lipinski definition) is 15. The number of benzene rings is 15. The second kappa shape index (κ2) is 45.8. The lowest BCUT2D eigenvalue weighted by atomic mass is 10.0. The van der Waals surface area contributed by atoms with Gasteiger partial charge < -0.3 is 0 Å². The highest BCUT2D eigenvalue weighted by molar-refractivity contribution is 5.77. The van der Waals surface area contributed by atoms with Crippen molar-refractivity contribution in [2.45, 2.75) is 208 Å². The van der Waals surface area contributed by atoms with Crippen LogP contribution in [0, 0.1) is 208 Å². The van der Waals surface area contributed by atoms with Crippen molar-refractivity contribution in [3.8, 4) is 171 Å². The monoisotopic (exact) mass is 1970 g/mol. The number of aryl methyl sites for hydroxylation is 29. The van der Waals surface area contributed by atoms with Crippen molar-refractivity contribution >= 4 is 0 Å². The fraction of sp³-hybridized carbons (Fsp3) is 0.222. The summed E-state index contributed by atoms with van der Waals surface area (Å²) < 4.78 is 0. The molecule has 0 amide bonds. The summed E-state index contributed by atoms with van der Waals surface area (Å²) in [5.74, 6) is 10.6. The van der Waals surface area contributed by atoms with Gasteiger partial charge in [-0.3, -0.25) is 0 Å².